The highest BCUT2D eigenvalue weighted by atomic mass is 15.1. The first-order valence-electron chi connectivity index (χ1n) is 4.94. The standard InChI is InChI=1S/C9H8N2.C2H6/c1-2-7-4-10-11-5-9(7)8-3-6(1)8;1-2/h1-2,4-6,8H,3H2;1-2H3. The first-order chi connectivity index (χ1) is 6.45. The molecule has 2 atom stereocenters. The maximum absolute atomic E-state index is 3.89. The second-order valence-electron chi connectivity index (χ2n) is 3.26. The SMILES string of the molecule is C1=CC2CC2c2cnncc21.CC. The lowest BCUT2D eigenvalue weighted by Crippen LogP contribution is -1.94. The van der Waals surface area contributed by atoms with Crippen LogP contribution in [0.25, 0.3) is 6.08 Å². The number of fused-ring (bicyclic) bond motifs is 3. The van der Waals surface area contributed by atoms with Crippen molar-refractivity contribution in [1.29, 1.82) is 0 Å². The Balaban J connectivity index is 0.000000308. The Morgan fingerprint density at radius 1 is 1.23 bits per heavy atom. The summed E-state index contributed by atoms with van der Waals surface area (Å²) in [6.07, 6.45) is 9.52. The van der Waals surface area contributed by atoms with Gasteiger partial charge in [-0.2, -0.15) is 10.2 Å². The van der Waals surface area contributed by atoms with Crippen LogP contribution in [0.5, 0.6) is 0 Å². The quantitative estimate of drug-likeness (QED) is 0.604. The number of hydrogen-bond acceptors (Lipinski definition) is 2. The summed E-state index contributed by atoms with van der Waals surface area (Å²) in [5.74, 6) is 1.58. The first kappa shape index (κ1) is 8.42. The van der Waals surface area contributed by atoms with E-state index >= 15 is 0 Å². The van der Waals surface area contributed by atoms with Gasteiger partial charge in [-0.25, -0.2) is 0 Å². The maximum atomic E-state index is 3.89. The molecule has 0 aromatic carbocycles. The van der Waals surface area contributed by atoms with Crippen molar-refractivity contribution in [3.05, 3.63) is 29.6 Å². The van der Waals surface area contributed by atoms with E-state index in [4.69, 9.17) is 0 Å². The molecular formula is C11H14N2. The van der Waals surface area contributed by atoms with Crippen molar-refractivity contribution in [1.82, 2.24) is 10.2 Å². The van der Waals surface area contributed by atoms with E-state index < -0.39 is 0 Å². The van der Waals surface area contributed by atoms with Crippen LogP contribution in [0.4, 0.5) is 0 Å². The normalized spacial score (nSPS) is 26.6. The topological polar surface area (TPSA) is 25.8 Å². The fraction of sp³-hybridized carbons (Fsp3) is 0.455. The molecule has 0 spiro atoms. The molecule has 2 aliphatic carbocycles. The van der Waals surface area contributed by atoms with Gasteiger partial charge in [0.2, 0.25) is 0 Å². The third-order valence-corrected chi connectivity index (χ3v) is 2.56. The first-order valence-corrected chi connectivity index (χ1v) is 4.94. The molecule has 1 heterocycles. The summed E-state index contributed by atoms with van der Waals surface area (Å²) in [5.41, 5.74) is 2.66. The van der Waals surface area contributed by atoms with E-state index in [1.165, 1.54) is 17.5 Å². The van der Waals surface area contributed by atoms with E-state index in [1.807, 2.05) is 26.2 Å². The Morgan fingerprint density at radius 2 is 2.00 bits per heavy atom. The van der Waals surface area contributed by atoms with Crippen LogP contribution in [0.3, 0.4) is 0 Å². The summed E-state index contributed by atoms with van der Waals surface area (Å²) >= 11 is 0. The Kier molecular flexibility index (Phi) is 2.13. The fourth-order valence-corrected chi connectivity index (χ4v) is 1.80. The molecular weight excluding hydrogens is 160 g/mol. The van der Waals surface area contributed by atoms with Crippen LogP contribution in [-0.2, 0) is 0 Å². The number of rotatable bonds is 0. The van der Waals surface area contributed by atoms with Crippen molar-refractivity contribution in [3.8, 4) is 0 Å². The summed E-state index contributed by atoms with van der Waals surface area (Å²) in [5, 5.41) is 7.74. The lowest BCUT2D eigenvalue weighted by atomic mass is 10.0. The van der Waals surface area contributed by atoms with Gasteiger partial charge >= 0.3 is 0 Å². The van der Waals surface area contributed by atoms with E-state index in [0.29, 0.717) is 0 Å². The number of hydrogen-bond donors (Lipinski definition) is 0. The molecule has 0 radical (unpaired) electrons. The van der Waals surface area contributed by atoms with Gasteiger partial charge in [0.25, 0.3) is 0 Å². The van der Waals surface area contributed by atoms with Crippen LogP contribution in [0.1, 0.15) is 37.3 Å². The molecule has 0 bridgehead atoms. The monoisotopic (exact) mass is 174 g/mol. The van der Waals surface area contributed by atoms with Crippen molar-refractivity contribution >= 4 is 6.08 Å². The summed E-state index contributed by atoms with van der Waals surface area (Å²) < 4.78 is 0. The molecule has 68 valence electrons. The van der Waals surface area contributed by atoms with Crippen molar-refractivity contribution in [3.63, 3.8) is 0 Å². The molecule has 1 aromatic rings. The largest absolute Gasteiger partial charge is 0.159 e. The summed E-state index contributed by atoms with van der Waals surface area (Å²) in [6, 6.07) is 0. The van der Waals surface area contributed by atoms with Gasteiger partial charge in [0, 0.05) is 0 Å². The Morgan fingerprint density at radius 3 is 2.85 bits per heavy atom. The molecule has 3 rings (SSSR count). The predicted octanol–water partition coefficient (Wildman–Crippen LogP) is 2.63. The van der Waals surface area contributed by atoms with Crippen molar-refractivity contribution in [2.75, 3.05) is 0 Å². The minimum absolute atomic E-state index is 0.769. The van der Waals surface area contributed by atoms with Crippen LogP contribution in [0.15, 0.2) is 18.5 Å². The van der Waals surface area contributed by atoms with E-state index in [0.717, 1.165) is 11.8 Å². The summed E-state index contributed by atoms with van der Waals surface area (Å²) in [4.78, 5) is 0. The van der Waals surface area contributed by atoms with Crippen molar-refractivity contribution in [2.45, 2.75) is 26.2 Å². The lowest BCUT2D eigenvalue weighted by molar-refractivity contribution is 0.930. The molecule has 0 N–H and O–H groups in total. The van der Waals surface area contributed by atoms with Crippen molar-refractivity contribution < 1.29 is 0 Å². The van der Waals surface area contributed by atoms with Gasteiger partial charge in [0.05, 0.1) is 12.4 Å². The number of nitrogens with zero attached hydrogens (tertiary/aromatic N) is 2. The van der Waals surface area contributed by atoms with E-state index in [2.05, 4.69) is 22.3 Å². The highest BCUT2D eigenvalue weighted by Crippen LogP contribution is 2.51. The average molecular weight is 174 g/mol. The zero-order valence-electron chi connectivity index (χ0n) is 8.07. The second-order valence-corrected chi connectivity index (χ2v) is 3.26. The van der Waals surface area contributed by atoms with Gasteiger partial charge in [-0.15, -0.1) is 0 Å². The van der Waals surface area contributed by atoms with Crippen molar-refractivity contribution in [2.24, 2.45) is 5.92 Å². The zero-order valence-corrected chi connectivity index (χ0v) is 8.07. The molecule has 0 saturated heterocycles. The molecule has 0 amide bonds. The third kappa shape index (κ3) is 1.37. The third-order valence-electron chi connectivity index (χ3n) is 2.56. The van der Waals surface area contributed by atoms with Gasteiger partial charge < -0.3 is 0 Å². The van der Waals surface area contributed by atoms with Crippen LogP contribution in [-0.4, -0.2) is 10.2 Å². The van der Waals surface area contributed by atoms with Gasteiger partial charge in [-0.1, -0.05) is 26.0 Å². The molecule has 2 unspecified atom stereocenters. The molecule has 2 heteroatoms. The highest BCUT2D eigenvalue weighted by molar-refractivity contribution is 5.59. The van der Waals surface area contributed by atoms with E-state index in [9.17, 15) is 0 Å². The van der Waals surface area contributed by atoms with Gasteiger partial charge in [-0.05, 0) is 29.4 Å². The second kappa shape index (κ2) is 3.29. The molecule has 1 aromatic heterocycles. The van der Waals surface area contributed by atoms with Crippen LogP contribution >= 0.6 is 0 Å². The molecule has 2 aliphatic rings. The molecule has 0 aliphatic heterocycles. The molecule has 13 heavy (non-hydrogen) atoms. The van der Waals surface area contributed by atoms with Crippen LogP contribution in [0, 0.1) is 5.92 Å². The molecule has 1 fully saturated rings. The number of aromatic nitrogens is 2. The minimum Gasteiger partial charge on any atom is -0.159 e. The number of allylic oxidation sites excluding steroid dienone is 1. The average Bonchev–Trinajstić information content (AvgIpc) is 3.00. The predicted molar refractivity (Wildman–Crippen MR) is 53.3 cm³/mol. The van der Waals surface area contributed by atoms with Crippen LogP contribution < -0.4 is 0 Å². The fourth-order valence-electron chi connectivity index (χ4n) is 1.80. The summed E-state index contributed by atoms with van der Waals surface area (Å²) in [7, 11) is 0. The minimum atomic E-state index is 0.769. The Bertz CT molecular complexity index is 331. The molecule has 2 nitrogen and oxygen atoms in total. The van der Waals surface area contributed by atoms with E-state index in [1.54, 1.807) is 0 Å². The highest BCUT2D eigenvalue weighted by Gasteiger charge is 2.39. The molecule has 1 saturated carbocycles. The maximum Gasteiger partial charge on any atom is 0.0571 e. The van der Waals surface area contributed by atoms with Gasteiger partial charge in [0.15, 0.2) is 0 Å². The lowest BCUT2D eigenvalue weighted by Gasteiger charge is -2.06. The van der Waals surface area contributed by atoms with E-state index in [-0.39, 0.29) is 0 Å². The van der Waals surface area contributed by atoms with Gasteiger partial charge in [0.1, 0.15) is 0 Å². The summed E-state index contributed by atoms with van der Waals surface area (Å²) in [6.45, 7) is 4.00. The Hall–Kier alpha value is -1.18. The zero-order chi connectivity index (χ0) is 9.26. The van der Waals surface area contributed by atoms with Gasteiger partial charge in [-0.3, -0.25) is 0 Å². The smallest absolute Gasteiger partial charge is 0.0571 e. The Labute approximate surface area is 78.7 Å². The van der Waals surface area contributed by atoms with Crippen LogP contribution in [0.2, 0.25) is 0 Å².